The Morgan fingerprint density at radius 3 is 2.47 bits per heavy atom. The smallest absolute Gasteiger partial charge is 0.0717 e. The van der Waals surface area contributed by atoms with Crippen LogP contribution in [0.3, 0.4) is 0 Å². The summed E-state index contributed by atoms with van der Waals surface area (Å²) >= 11 is -2.25. The van der Waals surface area contributed by atoms with Crippen LogP contribution >= 0.6 is 0 Å². The first-order chi connectivity index (χ1) is 9.00. The number of rotatable bonds is 4. The van der Waals surface area contributed by atoms with E-state index >= 15 is 0 Å². The maximum atomic E-state index is 10.9. The molecule has 2 rings (SSSR count). The first-order valence-corrected chi connectivity index (χ1v) is 7.16. The number of fused-ring (bicyclic) bond motifs is 1. The van der Waals surface area contributed by atoms with Gasteiger partial charge in [0, 0.05) is 25.2 Å². The Labute approximate surface area is 115 Å². The van der Waals surface area contributed by atoms with Gasteiger partial charge in [-0.15, -0.1) is 0 Å². The van der Waals surface area contributed by atoms with Crippen LogP contribution in [0.1, 0.15) is 5.56 Å². The molecule has 0 radical (unpaired) electrons. The van der Waals surface area contributed by atoms with E-state index < -0.39 is 16.5 Å². The third-order valence-corrected chi connectivity index (χ3v) is 3.80. The Bertz CT molecular complexity index is 613. The lowest BCUT2D eigenvalue weighted by atomic mass is 10.0. The van der Waals surface area contributed by atoms with E-state index in [0.29, 0.717) is 6.42 Å². The van der Waals surface area contributed by atoms with E-state index in [9.17, 15) is 8.76 Å². The van der Waals surface area contributed by atoms with E-state index in [2.05, 4.69) is 0 Å². The van der Waals surface area contributed by atoms with E-state index in [1.54, 1.807) is 0 Å². The van der Waals surface area contributed by atoms with Crippen LogP contribution in [-0.2, 0) is 17.5 Å². The molecule has 2 atom stereocenters. The third kappa shape index (κ3) is 2.94. The molecular weight excluding hydrogens is 260 g/mol. The van der Waals surface area contributed by atoms with Crippen LogP contribution in [0.25, 0.3) is 10.8 Å². The summed E-state index contributed by atoms with van der Waals surface area (Å²) in [5.41, 5.74) is 7.68. The predicted molar refractivity (Wildman–Crippen MR) is 78.9 cm³/mol. The average Bonchev–Trinajstić information content (AvgIpc) is 2.38. The van der Waals surface area contributed by atoms with E-state index in [1.165, 1.54) is 0 Å². The summed E-state index contributed by atoms with van der Waals surface area (Å²) in [6.07, 6.45) is 0.324. The van der Waals surface area contributed by atoms with Gasteiger partial charge in [-0.3, -0.25) is 4.21 Å². The fourth-order valence-corrected chi connectivity index (χ4v) is 2.53. The number of nitrogens with two attached hydrogens (primary N) is 1. The van der Waals surface area contributed by atoms with Crippen LogP contribution in [0, 0.1) is 0 Å². The van der Waals surface area contributed by atoms with E-state index in [1.807, 2.05) is 55.4 Å². The maximum Gasteiger partial charge on any atom is 0.0717 e. The van der Waals surface area contributed by atoms with Gasteiger partial charge in [-0.2, -0.15) is 0 Å². The minimum atomic E-state index is -2.25. The number of benzene rings is 2. The molecular formula is C14H17N2O2S-. The summed E-state index contributed by atoms with van der Waals surface area (Å²) in [6.45, 7) is 0. The second kappa shape index (κ2) is 5.69. The van der Waals surface area contributed by atoms with Gasteiger partial charge >= 0.3 is 0 Å². The summed E-state index contributed by atoms with van der Waals surface area (Å²) in [6, 6.07) is 11.9. The molecule has 0 fully saturated rings. The zero-order valence-corrected chi connectivity index (χ0v) is 11.8. The van der Waals surface area contributed by atoms with Crippen molar-refractivity contribution in [3.63, 3.8) is 0 Å². The Morgan fingerprint density at radius 1 is 1.21 bits per heavy atom. The van der Waals surface area contributed by atoms with Crippen molar-refractivity contribution in [3.8, 4) is 0 Å². The van der Waals surface area contributed by atoms with Crippen molar-refractivity contribution in [2.24, 2.45) is 5.73 Å². The van der Waals surface area contributed by atoms with Crippen molar-refractivity contribution >= 4 is 27.5 Å². The Balaban J connectivity index is 2.52. The molecule has 4 nitrogen and oxygen atoms in total. The van der Waals surface area contributed by atoms with Gasteiger partial charge in [0.2, 0.25) is 0 Å². The molecule has 0 aliphatic rings. The quantitative estimate of drug-likeness (QED) is 0.862. The van der Waals surface area contributed by atoms with Crippen molar-refractivity contribution in [1.82, 2.24) is 0 Å². The molecule has 0 aliphatic carbocycles. The summed E-state index contributed by atoms with van der Waals surface area (Å²) in [7, 11) is 3.97. The minimum absolute atomic E-state index is 0.324. The summed E-state index contributed by atoms with van der Waals surface area (Å²) in [4.78, 5) is 2.04. The first kappa shape index (κ1) is 14.0. The third-order valence-electron chi connectivity index (χ3n) is 3.14. The van der Waals surface area contributed by atoms with Gasteiger partial charge in [0.15, 0.2) is 0 Å². The normalized spacial score (nSPS) is 14.3. The van der Waals surface area contributed by atoms with Crippen LogP contribution in [0.2, 0.25) is 0 Å². The van der Waals surface area contributed by atoms with Gasteiger partial charge in [0.1, 0.15) is 0 Å². The Morgan fingerprint density at radius 2 is 1.84 bits per heavy atom. The highest BCUT2D eigenvalue weighted by Crippen LogP contribution is 2.28. The minimum Gasteiger partial charge on any atom is -0.771 e. The van der Waals surface area contributed by atoms with Crippen molar-refractivity contribution < 1.29 is 8.76 Å². The Kier molecular flexibility index (Phi) is 4.19. The van der Waals surface area contributed by atoms with Gasteiger partial charge in [-0.1, -0.05) is 30.3 Å². The first-order valence-electron chi connectivity index (χ1n) is 6.02. The average molecular weight is 277 g/mol. The molecule has 2 aromatic carbocycles. The number of hydrogen-bond donors (Lipinski definition) is 1. The molecule has 2 aromatic rings. The zero-order chi connectivity index (χ0) is 14.0. The number of anilines is 1. The monoisotopic (exact) mass is 277 g/mol. The summed E-state index contributed by atoms with van der Waals surface area (Å²) < 4.78 is 21.8. The molecule has 0 saturated carbocycles. The molecule has 0 bridgehead atoms. The highest BCUT2D eigenvalue weighted by molar-refractivity contribution is 7.79. The fourth-order valence-electron chi connectivity index (χ4n) is 2.21. The zero-order valence-electron chi connectivity index (χ0n) is 11.0. The lowest BCUT2D eigenvalue weighted by Gasteiger charge is -2.19. The molecule has 0 saturated heterocycles. The largest absolute Gasteiger partial charge is 0.771 e. The molecule has 0 amide bonds. The second-order valence-corrected chi connectivity index (χ2v) is 5.81. The standard InChI is InChI=1S/C14H18N2O2S/c1-16(2)13-8-4-6-11-10(5-3-7-12(11)13)9-14(15)19(17)18/h3-8,14H,9,15H2,1-2H3,(H,17,18)/p-1. The van der Waals surface area contributed by atoms with Crippen molar-refractivity contribution in [2.45, 2.75) is 11.8 Å². The van der Waals surface area contributed by atoms with Crippen LogP contribution in [0.4, 0.5) is 5.69 Å². The maximum absolute atomic E-state index is 10.9. The van der Waals surface area contributed by atoms with Crippen LogP contribution < -0.4 is 10.6 Å². The van der Waals surface area contributed by atoms with Crippen molar-refractivity contribution in [1.29, 1.82) is 0 Å². The SMILES string of the molecule is CN(C)c1cccc2c(CC(N)S(=O)[O-])cccc12. The molecule has 2 unspecified atom stereocenters. The van der Waals surface area contributed by atoms with Gasteiger partial charge in [-0.05, 0) is 34.5 Å². The highest BCUT2D eigenvalue weighted by atomic mass is 32.2. The molecule has 0 aliphatic heterocycles. The van der Waals surface area contributed by atoms with Crippen LogP contribution in [0.5, 0.6) is 0 Å². The summed E-state index contributed by atoms with van der Waals surface area (Å²) in [5, 5.41) is 1.29. The molecule has 0 heterocycles. The second-order valence-electron chi connectivity index (χ2n) is 4.69. The van der Waals surface area contributed by atoms with E-state index in [0.717, 1.165) is 22.0 Å². The van der Waals surface area contributed by atoms with Gasteiger partial charge in [0.25, 0.3) is 0 Å². The highest BCUT2D eigenvalue weighted by Gasteiger charge is 2.09. The van der Waals surface area contributed by atoms with Crippen LogP contribution in [-0.4, -0.2) is 28.2 Å². The lowest BCUT2D eigenvalue weighted by molar-refractivity contribution is 0.522. The Hall–Kier alpha value is -1.43. The molecule has 0 aromatic heterocycles. The number of nitrogens with zero attached hydrogens (tertiary/aromatic N) is 1. The predicted octanol–water partition coefficient (Wildman–Crippen LogP) is 1.61. The van der Waals surface area contributed by atoms with Crippen molar-refractivity contribution in [2.75, 3.05) is 19.0 Å². The molecule has 2 N–H and O–H groups in total. The summed E-state index contributed by atoms with van der Waals surface area (Å²) in [5.74, 6) is 0. The molecule has 102 valence electrons. The van der Waals surface area contributed by atoms with Crippen molar-refractivity contribution in [3.05, 3.63) is 42.0 Å². The molecule has 0 spiro atoms. The van der Waals surface area contributed by atoms with E-state index in [-0.39, 0.29) is 0 Å². The molecule has 5 heteroatoms. The lowest BCUT2D eigenvalue weighted by Crippen LogP contribution is -2.27. The van der Waals surface area contributed by atoms with Gasteiger partial charge < -0.3 is 15.2 Å². The molecule has 19 heavy (non-hydrogen) atoms. The fraction of sp³-hybridized carbons (Fsp3) is 0.286. The van der Waals surface area contributed by atoms with Gasteiger partial charge in [-0.25, -0.2) is 0 Å². The van der Waals surface area contributed by atoms with Crippen LogP contribution in [0.15, 0.2) is 36.4 Å². The topological polar surface area (TPSA) is 69.4 Å². The number of hydrogen-bond acceptors (Lipinski definition) is 4. The van der Waals surface area contributed by atoms with Gasteiger partial charge in [0.05, 0.1) is 5.37 Å². The van der Waals surface area contributed by atoms with E-state index in [4.69, 9.17) is 5.73 Å².